The lowest BCUT2D eigenvalue weighted by Gasteiger charge is -2.54. The molecule has 0 aromatic heterocycles. The van der Waals surface area contributed by atoms with E-state index in [9.17, 15) is 34.5 Å². The van der Waals surface area contributed by atoms with Crippen LogP contribution in [0.1, 0.15) is 34.1 Å². The van der Waals surface area contributed by atoms with Crippen LogP contribution in [0.2, 0.25) is 0 Å². The van der Waals surface area contributed by atoms with Crippen molar-refractivity contribution in [1.82, 2.24) is 9.80 Å². The number of piperazine rings is 1. The van der Waals surface area contributed by atoms with Crippen molar-refractivity contribution < 1.29 is 44.0 Å². The normalized spacial score (nSPS) is 36.2. The molecule has 3 unspecified atom stereocenters. The fourth-order valence-corrected chi connectivity index (χ4v) is 8.94. The summed E-state index contributed by atoms with van der Waals surface area (Å²) in [6.07, 6.45) is 9.03. The first-order chi connectivity index (χ1) is 20.8. The van der Waals surface area contributed by atoms with Gasteiger partial charge >= 0.3 is 5.97 Å². The van der Waals surface area contributed by atoms with Gasteiger partial charge in [0, 0.05) is 12.3 Å². The van der Waals surface area contributed by atoms with E-state index in [2.05, 4.69) is 0 Å². The number of carbonyl (C=O) groups excluding carboxylic acids is 4. The third-order valence-electron chi connectivity index (χ3n) is 9.56. The number of thioether (sulfide) groups is 2. The van der Waals surface area contributed by atoms with Crippen molar-refractivity contribution in [2.75, 3.05) is 12.5 Å². The lowest BCUT2D eigenvalue weighted by atomic mass is 9.87. The molecule has 3 N–H and O–H groups in total. The number of amides is 2. The topological polar surface area (TPSA) is 154 Å². The number of fused-ring (bicyclic) bond motifs is 6. The van der Waals surface area contributed by atoms with E-state index in [1.165, 1.54) is 41.4 Å². The molecule has 5 aliphatic rings. The maximum atomic E-state index is 14.8. The molecule has 10 atom stereocenters. The van der Waals surface area contributed by atoms with Gasteiger partial charge in [-0.25, -0.2) is 0 Å². The molecule has 0 spiro atoms. The van der Waals surface area contributed by atoms with Gasteiger partial charge in [0.2, 0.25) is 0 Å². The van der Waals surface area contributed by atoms with Gasteiger partial charge in [-0.2, -0.15) is 0 Å². The van der Waals surface area contributed by atoms with Crippen LogP contribution in [-0.2, 0) is 28.7 Å². The second-order valence-corrected chi connectivity index (χ2v) is 13.8. The zero-order valence-corrected chi connectivity index (χ0v) is 27.0. The van der Waals surface area contributed by atoms with E-state index >= 15 is 0 Å². The van der Waals surface area contributed by atoms with Crippen LogP contribution in [-0.4, -0.2) is 107 Å². The highest BCUT2D eigenvalue weighted by molar-refractivity contribution is 8.01. The fourth-order valence-electron chi connectivity index (χ4n) is 6.94. The van der Waals surface area contributed by atoms with Crippen molar-refractivity contribution in [3.8, 4) is 0 Å². The average molecular weight is 647 g/mol. The SMILES string of the molecule is C/C=C(\C)C(=O)C(C)C(O)C(C)C(=O)O[C@H]1C=COC=C2C[C@@]3(SC)C(=O)N4[C@H]5C(=CC=C[C@@H]5O)[C@@H](O)[C@@]4(SC)C(=O)N3[C@@H]21. The number of hydrogen-bond acceptors (Lipinski definition) is 11. The standard InChI is InChI=1S/C31H38N2O9S2/c1-7-15(2)24(35)16(3)25(36)17(4)27(38)42-21-11-12-41-14-18-13-30(43-5)28(39)33-23-19(9-8-10-20(23)34)26(37)31(33,44-6)29(40)32(30)22(18)21/h7-12,14,16-17,20-23,25-26,34,36-37H,13H2,1-6H3/b15-7+/t16?,17?,20-,21-,22-,23-,25?,26+,30+,31+/m0/s1. The number of Topliss-reactive ketones (excluding diaryl/α,β-unsaturated/α-hetero) is 1. The van der Waals surface area contributed by atoms with E-state index in [0.29, 0.717) is 16.7 Å². The molecule has 0 aromatic rings. The maximum absolute atomic E-state index is 14.8. The predicted octanol–water partition coefficient (Wildman–Crippen LogP) is 1.66. The zero-order valence-electron chi connectivity index (χ0n) is 25.4. The Kier molecular flexibility index (Phi) is 8.75. The number of aliphatic hydroxyl groups excluding tert-OH is 3. The van der Waals surface area contributed by atoms with E-state index in [0.717, 1.165) is 23.5 Å². The molecule has 2 amide bonds. The molecule has 0 aromatic carbocycles. The number of nitrogens with zero attached hydrogens (tertiary/aromatic N) is 2. The van der Waals surface area contributed by atoms with Gasteiger partial charge in [-0.1, -0.05) is 31.2 Å². The lowest BCUT2D eigenvalue weighted by molar-refractivity contribution is -0.174. The molecule has 4 heterocycles. The Morgan fingerprint density at radius 2 is 1.80 bits per heavy atom. The summed E-state index contributed by atoms with van der Waals surface area (Å²) >= 11 is 2.17. The molecule has 0 radical (unpaired) electrons. The summed E-state index contributed by atoms with van der Waals surface area (Å²) in [5.74, 6) is -4.07. The Morgan fingerprint density at radius 1 is 1.09 bits per heavy atom. The monoisotopic (exact) mass is 646 g/mol. The minimum Gasteiger partial charge on any atom is -0.473 e. The fraction of sp³-hybridized carbons (Fsp3) is 0.548. The number of rotatable bonds is 8. The molecule has 11 nitrogen and oxygen atoms in total. The summed E-state index contributed by atoms with van der Waals surface area (Å²) in [7, 11) is 0. The summed E-state index contributed by atoms with van der Waals surface area (Å²) in [5.41, 5.74) is 1.36. The maximum Gasteiger partial charge on any atom is 0.311 e. The van der Waals surface area contributed by atoms with Crippen molar-refractivity contribution in [3.63, 3.8) is 0 Å². The van der Waals surface area contributed by atoms with Crippen LogP contribution in [0.25, 0.3) is 0 Å². The van der Waals surface area contributed by atoms with E-state index in [-0.39, 0.29) is 12.2 Å². The summed E-state index contributed by atoms with van der Waals surface area (Å²) < 4.78 is 11.5. The third-order valence-corrected chi connectivity index (χ3v) is 12.0. The Balaban J connectivity index is 1.52. The van der Waals surface area contributed by atoms with Crippen LogP contribution in [0.3, 0.4) is 0 Å². The summed E-state index contributed by atoms with van der Waals surface area (Å²) in [6.45, 7) is 6.37. The minimum atomic E-state index is -1.77. The number of allylic oxidation sites excluding steroid dienone is 4. The van der Waals surface area contributed by atoms with Gasteiger partial charge in [-0.05, 0) is 56.1 Å². The van der Waals surface area contributed by atoms with Crippen LogP contribution in [0.4, 0.5) is 0 Å². The number of ether oxygens (including phenoxy) is 2. The molecular weight excluding hydrogens is 608 g/mol. The van der Waals surface area contributed by atoms with Crippen LogP contribution in [0, 0.1) is 11.8 Å². The highest BCUT2D eigenvalue weighted by Crippen LogP contribution is 2.59. The molecular formula is C31H38N2O9S2. The quantitative estimate of drug-likeness (QED) is 0.261. The van der Waals surface area contributed by atoms with Gasteiger partial charge in [-0.15, -0.1) is 23.5 Å². The first-order valence-corrected chi connectivity index (χ1v) is 16.9. The molecule has 3 fully saturated rings. The van der Waals surface area contributed by atoms with E-state index in [1.54, 1.807) is 51.5 Å². The highest BCUT2D eigenvalue weighted by Gasteiger charge is 2.75. The Morgan fingerprint density at radius 3 is 2.43 bits per heavy atom. The van der Waals surface area contributed by atoms with E-state index in [4.69, 9.17) is 9.47 Å². The largest absolute Gasteiger partial charge is 0.473 e. The Hall–Kier alpha value is -2.84. The molecule has 238 valence electrons. The van der Waals surface area contributed by atoms with Crippen LogP contribution >= 0.6 is 23.5 Å². The van der Waals surface area contributed by atoms with Crippen molar-refractivity contribution in [3.05, 3.63) is 59.6 Å². The molecule has 0 saturated carbocycles. The van der Waals surface area contributed by atoms with Gasteiger partial charge in [-0.3, -0.25) is 19.2 Å². The Labute approximate surface area is 264 Å². The van der Waals surface area contributed by atoms with E-state index in [1.807, 2.05) is 0 Å². The van der Waals surface area contributed by atoms with Crippen molar-refractivity contribution >= 4 is 47.1 Å². The van der Waals surface area contributed by atoms with Gasteiger partial charge in [0.15, 0.2) is 15.5 Å². The highest BCUT2D eigenvalue weighted by atomic mass is 32.2. The first kappa shape index (κ1) is 32.6. The van der Waals surface area contributed by atoms with Crippen LogP contribution < -0.4 is 0 Å². The number of carbonyl (C=O) groups is 4. The van der Waals surface area contributed by atoms with E-state index < -0.39 is 75.9 Å². The zero-order chi connectivity index (χ0) is 32.3. The average Bonchev–Trinajstić information content (AvgIpc) is 3.43. The molecule has 1 aliphatic carbocycles. The van der Waals surface area contributed by atoms with Crippen LogP contribution in [0.15, 0.2) is 59.6 Å². The van der Waals surface area contributed by atoms with Crippen molar-refractivity contribution in [1.29, 1.82) is 0 Å². The first-order valence-electron chi connectivity index (χ1n) is 14.4. The lowest BCUT2D eigenvalue weighted by Crippen LogP contribution is -2.76. The molecule has 13 heteroatoms. The number of aliphatic hydroxyl groups is 3. The predicted molar refractivity (Wildman–Crippen MR) is 165 cm³/mol. The summed E-state index contributed by atoms with van der Waals surface area (Å²) in [6, 6.07) is -1.89. The molecule has 0 bridgehead atoms. The second kappa shape index (κ2) is 11.8. The van der Waals surface area contributed by atoms with Gasteiger partial charge in [0.05, 0.1) is 42.7 Å². The number of hydrogen-bond donors (Lipinski definition) is 3. The molecule has 3 saturated heterocycles. The van der Waals surface area contributed by atoms with Gasteiger partial charge < -0.3 is 34.6 Å². The second-order valence-electron chi connectivity index (χ2n) is 11.7. The summed E-state index contributed by atoms with van der Waals surface area (Å²) in [5, 5.41) is 33.5. The van der Waals surface area contributed by atoms with Gasteiger partial charge in [0.1, 0.15) is 12.2 Å². The third kappa shape index (κ3) is 4.45. The molecule has 5 rings (SSSR count). The molecule has 4 aliphatic heterocycles. The number of ketones is 1. The minimum absolute atomic E-state index is 0.0558. The number of esters is 1. The smallest absolute Gasteiger partial charge is 0.311 e. The van der Waals surface area contributed by atoms with Crippen molar-refractivity contribution in [2.24, 2.45) is 11.8 Å². The summed E-state index contributed by atoms with van der Waals surface area (Å²) in [4.78, 5) is 55.1. The van der Waals surface area contributed by atoms with Crippen molar-refractivity contribution in [2.45, 2.75) is 80.4 Å². The Bertz CT molecular complexity index is 1420. The van der Waals surface area contributed by atoms with Gasteiger partial charge in [0.25, 0.3) is 11.8 Å². The molecule has 44 heavy (non-hydrogen) atoms. The van der Waals surface area contributed by atoms with Crippen LogP contribution in [0.5, 0.6) is 0 Å².